The quantitative estimate of drug-likeness (QED) is 0.560. The molecule has 1 atom stereocenters. The molecule has 114 valence electrons. The summed E-state index contributed by atoms with van der Waals surface area (Å²) in [5.74, 6) is 0. The van der Waals surface area contributed by atoms with E-state index < -0.39 is 6.04 Å². The van der Waals surface area contributed by atoms with Crippen molar-refractivity contribution < 1.29 is 10.0 Å². The Bertz CT molecular complexity index is 780. The van der Waals surface area contributed by atoms with Crippen LogP contribution in [0.15, 0.2) is 48.0 Å². The zero-order chi connectivity index (χ0) is 15.5. The van der Waals surface area contributed by atoms with Crippen molar-refractivity contribution in [3.05, 3.63) is 68.5 Å². The molecule has 1 unspecified atom stereocenters. The van der Waals surface area contributed by atoms with Gasteiger partial charge in [-0.1, -0.05) is 24.3 Å². The Hall–Kier alpha value is -2.18. The van der Waals surface area contributed by atoms with Crippen molar-refractivity contribution in [3.8, 4) is 0 Å². The van der Waals surface area contributed by atoms with Crippen LogP contribution in [-0.4, -0.2) is 21.2 Å². The van der Waals surface area contributed by atoms with Gasteiger partial charge in [0, 0.05) is 33.4 Å². The Morgan fingerprint density at radius 1 is 1.27 bits per heavy atom. The third-order valence-corrected chi connectivity index (χ3v) is 4.65. The summed E-state index contributed by atoms with van der Waals surface area (Å²) < 4.78 is 1.88. The van der Waals surface area contributed by atoms with Crippen molar-refractivity contribution in [3.63, 3.8) is 0 Å². The molecule has 0 spiro atoms. The van der Waals surface area contributed by atoms with Crippen LogP contribution in [0.2, 0.25) is 0 Å². The standard InChI is InChI=1S/C16H16N2O3S/c19-8-7-17-11-14(13-5-1-2-6-15(13)17)16(18(20)21)10-12-4-3-9-22-12/h1-6,9,11,16,19H,7-8,10H2. The number of para-hydroxylation sites is 1. The van der Waals surface area contributed by atoms with E-state index >= 15 is 0 Å². The number of nitrogens with zero attached hydrogens (tertiary/aromatic N) is 2. The van der Waals surface area contributed by atoms with E-state index in [1.807, 2.05) is 52.5 Å². The molecule has 1 N–H and O–H groups in total. The Balaban J connectivity index is 2.07. The molecule has 6 heteroatoms. The SMILES string of the molecule is O=[N+]([O-])C(Cc1cccs1)c1cn(CCO)c2ccccc12. The molecule has 0 amide bonds. The van der Waals surface area contributed by atoms with Crippen molar-refractivity contribution in [1.29, 1.82) is 0 Å². The summed E-state index contributed by atoms with van der Waals surface area (Å²) >= 11 is 1.53. The average molecular weight is 316 g/mol. The normalized spacial score (nSPS) is 12.6. The fraction of sp³-hybridized carbons (Fsp3) is 0.250. The fourth-order valence-corrected chi connectivity index (χ4v) is 3.49. The molecule has 2 heterocycles. The average Bonchev–Trinajstić information content (AvgIpc) is 3.13. The minimum atomic E-state index is -0.775. The highest BCUT2D eigenvalue weighted by Gasteiger charge is 2.27. The highest BCUT2D eigenvalue weighted by Crippen LogP contribution is 2.31. The molecule has 1 aromatic carbocycles. The van der Waals surface area contributed by atoms with Gasteiger partial charge in [-0.15, -0.1) is 11.3 Å². The highest BCUT2D eigenvalue weighted by molar-refractivity contribution is 7.09. The molecule has 0 radical (unpaired) electrons. The van der Waals surface area contributed by atoms with Crippen molar-refractivity contribution in [1.82, 2.24) is 4.57 Å². The predicted molar refractivity (Wildman–Crippen MR) is 86.8 cm³/mol. The molecule has 0 aliphatic rings. The first-order valence-corrected chi connectivity index (χ1v) is 7.93. The maximum Gasteiger partial charge on any atom is 0.244 e. The van der Waals surface area contributed by atoms with E-state index in [0.717, 1.165) is 15.8 Å². The topological polar surface area (TPSA) is 68.3 Å². The van der Waals surface area contributed by atoms with Crippen molar-refractivity contribution in [2.75, 3.05) is 6.61 Å². The zero-order valence-electron chi connectivity index (χ0n) is 11.9. The van der Waals surface area contributed by atoms with Crippen LogP contribution in [0.4, 0.5) is 0 Å². The number of benzene rings is 1. The monoisotopic (exact) mass is 316 g/mol. The van der Waals surface area contributed by atoms with Gasteiger partial charge >= 0.3 is 0 Å². The van der Waals surface area contributed by atoms with Gasteiger partial charge in [-0.3, -0.25) is 10.1 Å². The minimum absolute atomic E-state index is 0.00612. The minimum Gasteiger partial charge on any atom is -0.395 e. The number of nitro groups is 1. The number of aliphatic hydroxyl groups excluding tert-OH is 1. The van der Waals surface area contributed by atoms with E-state index in [-0.39, 0.29) is 11.5 Å². The summed E-state index contributed by atoms with van der Waals surface area (Å²) in [6.07, 6.45) is 2.19. The third kappa shape index (κ3) is 2.75. The Morgan fingerprint density at radius 3 is 2.77 bits per heavy atom. The number of hydrogen-bond acceptors (Lipinski definition) is 4. The zero-order valence-corrected chi connectivity index (χ0v) is 12.7. The van der Waals surface area contributed by atoms with Gasteiger partial charge in [0.15, 0.2) is 0 Å². The lowest BCUT2D eigenvalue weighted by molar-refractivity contribution is -0.528. The van der Waals surface area contributed by atoms with Gasteiger partial charge in [0.05, 0.1) is 18.6 Å². The summed E-state index contributed by atoms with van der Waals surface area (Å²) in [5.41, 5.74) is 1.63. The molecule has 0 saturated heterocycles. The van der Waals surface area contributed by atoms with Crippen molar-refractivity contribution in [2.24, 2.45) is 0 Å². The van der Waals surface area contributed by atoms with Gasteiger partial charge in [-0.2, -0.15) is 0 Å². The number of fused-ring (bicyclic) bond motifs is 1. The Labute approximate surface area is 131 Å². The Morgan fingerprint density at radius 2 is 2.09 bits per heavy atom. The van der Waals surface area contributed by atoms with E-state index in [0.29, 0.717) is 18.5 Å². The molecule has 0 aliphatic heterocycles. The lowest BCUT2D eigenvalue weighted by Gasteiger charge is -2.07. The molecule has 0 saturated carbocycles. The maximum atomic E-state index is 11.6. The van der Waals surface area contributed by atoms with E-state index in [4.69, 9.17) is 0 Å². The van der Waals surface area contributed by atoms with Gasteiger partial charge in [0.2, 0.25) is 6.04 Å². The molecule has 3 rings (SSSR count). The number of aromatic nitrogens is 1. The fourth-order valence-electron chi connectivity index (χ4n) is 2.75. The number of aliphatic hydroxyl groups is 1. The first-order valence-electron chi connectivity index (χ1n) is 7.05. The van der Waals surface area contributed by atoms with E-state index in [2.05, 4.69) is 0 Å². The lowest BCUT2D eigenvalue weighted by Crippen LogP contribution is -2.12. The molecule has 22 heavy (non-hydrogen) atoms. The van der Waals surface area contributed by atoms with E-state index in [1.54, 1.807) is 0 Å². The lowest BCUT2D eigenvalue weighted by atomic mass is 10.0. The first-order chi connectivity index (χ1) is 10.7. The summed E-state index contributed by atoms with van der Waals surface area (Å²) in [6.45, 7) is 0.441. The molecular formula is C16H16N2O3S. The largest absolute Gasteiger partial charge is 0.395 e. The van der Waals surface area contributed by atoms with Crippen LogP contribution in [0.1, 0.15) is 16.5 Å². The second-order valence-corrected chi connectivity index (χ2v) is 6.14. The van der Waals surface area contributed by atoms with Crippen molar-refractivity contribution >= 4 is 22.2 Å². The smallest absolute Gasteiger partial charge is 0.244 e. The van der Waals surface area contributed by atoms with Crippen LogP contribution < -0.4 is 0 Å². The first kappa shape index (κ1) is 14.7. The highest BCUT2D eigenvalue weighted by atomic mass is 32.1. The van der Waals surface area contributed by atoms with Gasteiger partial charge in [-0.05, 0) is 17.5 Å². The summed E-state index contributed by atoms with van der Waals surface area (Å²) in [7, 11) is 0. The molecule has 0 bridgehead atoms. The maximum absolute atomic E-state index is 11.6. The summed E-state index contributed by atoms with van der Waals surface area (Å²) in [4.78, 5) is 12.4. The van der Waals surface area contributed by atoms with E-state index in [1.165, 1.54) is 11.3 Å². The molecular weight excluding hydrogens is 300 g/mol. The predicted octanol–water partition coefficient (Wildman–Crippen LogP) is 3.26. The molecule has 3 aromatic rings. The summed E-state index contributed by atoms with van der Waals surface area (Å²) in [6, 6.07) is 10.7. The van der Waals surface area contributed by atoms with Crippen LogP contribution in [0.3, 0.4) is 0 Å². The van der Waals surface area contributed by atoms with E-state index in [9.17, 15) is 15.2 Å². The van der Waals surface area contributed by atoms with Gasteiger partial charge in [0.1, 0.15) is 0 Å². The van der Waals surface area contributed by atoms with Crippen LogP contribution in [0.5, 0.6) is 0 Å². The number of hydrogen-bond donors (Lipinski definition) is 1. The van der Waals surface area contributed by atoms with Gasteiger partial charge < -0.3 is 9.67 Å². The van der Waals surface area contributed by atoms with Gasteiger partial charge in [-0.25, -0.2) is 0 Å². The Kier molecular flexibility index (Phi) is 4.22. The number of rotatable bonds is 6. The molecule has 2 aromatic heterocycles. The van der Waals surface area contributed by atoms with Crippen molar-refractivity contribution in [2.45, 2.75) is 19.0 Å². The molecule has 5 nitrogen and oxygen atoms in total. The van der Waals surface area contributed by atoms with Crippen LogP contribution >= 0.6 is 11.3 Å². The second kappa shape index (κ2) is 6.29. The molecule has 0 fully saturated rings. The van der Waals surface area contributed by atoms with Crippen LogP contribution in [-0.2, 0) is 13.0 Å². The third-order valence-electron chi connectivity index (χ3n) is 3.75. The van der Waals surface area contributed by atoms with Crippen LogP contribution in [0.25, 0.3) is 10.9 Å². The second-order valence-electron chi connectivity index (χ2n) is 5.10. The van der Waals surface area contributed by atoms with Gasteiger partial charge in [0.25, 0.3) is 0 Å². The summed E-state index contributed by atoms with van der Waals surface area (Å²) in [5, 5.41) is 23.6. The van der Waals surface area contributed by atoms with Crippen LogP contribution in [0, 0.1) is 10.1 Å². The molecule has 0 aliphatic carbocycles. The number of thiophene rings is 1.